The third-order valence-corrected chi connectivity index (χ3v) is 7.08. The number of carbonyl (C=O) groups excluding carboxylic acids is 2. The number of anilines is 1. The predicted octanol–water partition coefficient (Wildman–Crippen LogP) is 5.90. The topological polar surface area (TPSA) is 80.2 Å². The molecule has 3 aromatic carbocycles. The van der Waals surface area contributed by atoms with Gasteiger partial charge in [0, 0.05) is 12.1 Å². The molecular weight excluding hydrogens is 519 g/mol. The van der Waals surface area contributed by atoms with Gasteiger partial charge < -0.3 is 14.8 Å². The first-order valence-corrected chi connectivity index (χ1v) is 12.5. The molecule has 1 atom stereocenters. The summed E-state index contributed by atoms with van der Waals surface area (Å²) >= 11 is 1.03. The molecule has 5 rings (SSSR count). The van der Waals surface area contributed by atoms with Gasteiger partial charge in [0.1, 0.15) is 5.25 Å². The Morgan fingerprint density at radius 2 is 1.87 bits per heavy atom. The normalized spacial score (nSPS) is 18.1. The van der Waals surface area contributed by atoms with Gasteiger partial charge in [-0.05, 0) is 60.5 Å². The molecule has 1 fully saturated rings. The van der Waals surface area contributed by atoms with Gasteiger partial charge in [-0.25, -0.2) is 4.99 Å². The van der Waals surface area contributed by atoms with E-state index in [1.807, 2.05) is 13.0 Å². The number of hydrogen-bond donors (Lipinski definition) is 1. The molecule has 2 aliphatic heterocycles. The summed E-state index contributed by atoms with van der Waals surface area (Å²) in [4.78, 5) is 32.1. The van der Waals surface area contributed by atoms with Crippen molar-refractivity contribution >= 4 is 40.1 Å². The number of hydrogen-bond acceptors (Lipinski definition) is 6. The van der Waals surface area contributed by atoms with Crippen molar-refractivity contribution in [3.8, 4) is 11.5 Å². The number of carbonyl (C=O) groups is 2. The molecule has 0 bridgehead atoms. The van der Waals surface area contributed by atoms with Crippen LogP contribution in [-0.4, -0.2) is 33.9 Å². The standard InChI is InChI=1S/C27H22F3N3O4S/c1-16-4-2-6-19(10-16)31-25(35)23-13-24(34)33(14-17-8-9-21-22(11-17)37-15-36-21)26(38-23)32-20-7-3-5-18(12-20)27(28,29)30/h2-12,23H,13-15H2,1H3,(H,31,35)/t23-/m0/s1. The van der Waals surface area contributed by atoms with E-state index in [9.17, 15) is 22.8 Å². The lowest BCUT2D eigenvalue weighted by Crippen LogP contribution is -2.44. The molecule has 38 heavy (non-hydrogen) atoms. The minimum Gasteiger partial charge on any atom is -0.454 e. The number of rotatable bonds is 5. The average molecular weight is 542 g/mol. The highest BCUT2D eigenvalue weighted by molar-refractivity contribution is 8.15. The number of halogens is 3. The van der Waals surface area contributed by atoms with E-state index < -0.39 is 22.9 Å². The number of amides is 2. The monoisotopic (exact) mass is 541 g/mol. The average Bonchev–Trinajstić information content (AvgIpc) is 3.33. The summed E-state index contributed by atoms with van der Waals surface area (Å²) in [6.45, 7) is 2.08. The fraction of sp³-hybridized carbons (Fsp3) is 0.222. The van der Waals surface area contributed by atoms with Crippen LogP contribution in [0.25, 0.3) is 0 Å². The van der Waals surface area contributed by atoms with Crippen LogP contribution in [0.1, 0.15) is 23.1 Å². The van der Waals surface area contributed by atoms with Crippen molar-refractivity contribution < 1.29 is 32.2 Å². The Hall–Kier alpha value is -3.99. The van der Waals surface area contributed by atoms with Crippen LogP contribution in [-0.2, 0) is 22.3 Å². The molecule has 7 nitrogen and oxygen atoms in total. The maximum atomic E-state index is 13.3. The highest BCUT2D eigenvalue weighted by atomic mass is 32.2. The zero-order valence-electron chi connectivity index (χ0n) is 20.1. The van der Waals surface area contributed by atoms with E-state index in [1.54, 1.807) is 36.4 Å². The Bertz CT molecular complexity index is 1430. The maximum absolute atomic E-state index is 13.3. The van der Waals surface area contributed by atoms with E-state index in [0.717, 1.165) is 29.5 Å². The minimum atomic E-state index is -4.55. The van der Waals surface area contributed by atoms with Gasteiger partial charge in [-0.15, -0.1) is 0 Å². The van der Waals surface area contributed by atoms with Crippen molar-refractivity contribution in [2.75, 3.05) is 12.1 Å². The van der Waals surface area contributed by atoms with Gasteiger partial charge in [-0.3, -0.25) is 14.5 Å². The zero-order valence-corrected chi connectivity index (χ0v) is 20.9. The quantitative estimate of drug-likeness (QED) is 0.435. The molecule has 0 aliphatic carbocycles. The minimum absolute atomic E-state index is 0.0190. The fourth-order valence-electron chi connectivity index (χ4n) is 4.03. The lowest BCUT2D eigenvalue weighted by molar-refractivity contribution is -0.137. The van der Waals surface area contributed by atoms with E-state index in [4.69, 9.17) is 9.47 Å². The zero-order chi connectivity index (χ0) is 26.9. The summed E-state index contributed by atoms with van der Waals surface area (Å²) < 4.78 is 50.6. The molecule has 0 radical (unpaired) electrons. The van der Waals surface area contributed by atoms with Crippen molar-refractivity contribution in [1.82, 2.24) is 4.90 Å². The van der Waals surface area contributed by atoms with Crippen LogP contribution < -0.4 is 14.8 Å². The molecule has 3 aromatic rings. The van der Waals surface area contributed by atoms with Crippen LogP contribution in [0.2, 0.25) is 0 Å². The van der Waals surface area contributed by atoms with Gasteiger partial charge in [0.25, 0.3) is 0 Å². The van der Waals surface area contributed by atoms with Crippen molar-refractivity contribution in [3.05, 3.63) is 83.4 Å². The number of benzene rings is 3. The number of amidine groups is 1. The lowest BCUT2D eigenvalue weighted by Gasteiger charge is -2.32. The summed E-state index contributed by atoms with van der Waals surface area (Å²) in [7, 11) is 0. The summed E-state index contributed by atoms with van der Waals surface area (Å²) in [5, 5.41) is 2.12. The molecular formula is C27H22F3N3O4S. The van der Waals surface area contributed by atoms with E-state index in [-0.39, 0.29) is 36.5 Å². The SMILES string of the molecule is Cc1cccc(NC(=O)[C@@H]2CC(=O)N(Cc3ccc4c(c3)OCO4)C(=Nc3cccc(C(F)(F)F)c3)S2)c1. The summed E-state index contributed by atoms with van der Waals surface area (Å²) in [5.74, 6) is 0.343. The number of nitrogens with one attached hydrogen (secondary N) is 1. The predicted molar refractivity (Wildman–Crippen MR) is 137 cm³/mol. The largest absolute Gasteiger partial charge is 0.454 e. The highest BCUT2D eigenvalue weighted by Gasteiger charge is 2.36. The summed E-state index contributed by atoms with van der Waals surface area (Å²) in [6.07, 6.45) is -4.65. The molecule has 1 saturated heterocycles. The van der Waals surface area contributed by atoms with E-state index in [2.05, 4.69) is 10.3 Å². The molecule has 0 saturated carbocycles. The van der Waals surface area contributed by atoms with Gasteiger partial charge in [-0.1, -0.05) is 36.0 Å². The second-order valence-electron chi connectivity index (χ2n) is 8.78. The van der Waals surface area contributed by atoms with Crippen molar-refractivity contribution in [1.29, 1.82) is 0 Å². The fourth-order valence-corrected chi connectivity index (χ4v) is 5.12. The highest BCUT2D eigenvalue weighted by Crippen LogP contribution is 2.36. The van der Waals surface area contributed by atoms with Gasteiger partial charge in [-0.2, -0.15) is 13.2 Å². The first-order valence-electron chi connectivity index (χ1n) is 11.6. The maximum Gasteiger partial charge on any atom is 0.416 e. The number of aryl methyl sites for hydroxylation is 1. The molecule has 0 aromatic heterocycles. The molecule has 2 heterocycles. The summed E-state index contributed by atoms with van der Waals surface area (Å²) in [6, 6.07) is 17.0. The third-order valence-electron chi connectivity index (χ3n) is 5.89. The smallest absolute Gasteiger partial charge is 0.416 e. The first-order chi connectivity index (χ1) is 18.2. The van der Waals surface area contributed by atoms with Gasteiger partial charge in [0.15, 0.2) is 16.7 Å². The Kier molecular flexibility index (Phi) is 7.02. The second kappa shape index (κ2) is 10.4. The van der Waals surface area contributed by atoms with Crippen LogP contribution in [0.3, 0.4) is 0 Å². The molecule has 2 aliphatic rings. The number of fused-ring (bicyclic) bond motifs is 1. The molecule has 2 amide bonds. The van der Waals surface area contributed by atoms with Crippen LogP contribution in [0.4, 0.5) is 24.5 Å². The van der Waals surface area contributed by atoms with Crippen LogP contribution in [0.5, 0.6) is 11.5 Å². The molecule has 196 valence electrons. The van der Waals surface area contributed by atoms with Gasteiger partial charge in [0.2, 0.25) is 18.6 Å². The van der Waals surface area contributed by atoms with Crippen LogP contribution >= 0.6 is 11.8 Å². The Morgan fingerprint density at radius 3 is 2.66 bits per heavy atom. The molecule has 0 spiro atoms. The van der Waals surface area contributed by atoms with Gasteiger partial charge in [0.05, 0.1) is 17.8 Å². The van der Waals surface area contributed by atoms with Crippen molar-refractivity contribution in [3.63, 3.8) is 0 Å². The molecule has 1 N–H and O–H groups in total. The molecule has 0 unspecified atom stereocenters. The van der Waals surface area contributed by atoms with Gasteiger partial charge >= 0.3 is 6.18 Å². The Morgan fingerprint density at radius 1 is 1.08 bits per heavy atom. The van der Waals surface area contributed by atoms with Crippen LogP contribution in [0.15, 0.2) is 71.7 Å². The van der Waals surface area contributed by atoms with E-state index >= 15 is 0 Å². The summed E-state index contributed by atoms with van der Waals surface area (Å²) in [5.41, 5.74) is 1.41. The molecule has 11 heteroatoms. The second-order valence-corrected chi connectivity index (χ2v) is 9.95. The van der Waals surface area contributed by atoms with Crippen molar-refractivity contribution in [2.24, 2.45) is 4.99 Å². The number of aliphatic imine (C=N–C) groups is 1. The third kappa shape index (κ3) is 5.77. The van der Waals surface area contributed by atoms with E-state index in [0.29, 0.717) is 22.7 Å². The number of thioether (sulfide) groups is 1. The lowest BCUT2D eigenvalue weighted by atomic mass is 10.1. The van der Waals surface area contributed by atoms with Crippen molar-refractivity contribution in [2.45, 2.75) is 31.3 Å². The first kappa shape index (κ1) is 25.7. The van der Waals surface area contributed by atoms with Crippen LogP contribution in [0, 0.1) is 6.92 Å². The van der Waals surface area contributed by atoms with E-state index in [1.165, 1.54) is 17.0 Å². The Labute approximate surface area is 220 Å². The number of nitrogens with zero attached hydrogens (tertiary/aromatic N) is 2. The Balaban J connectivity index is 1.45. The number of alkyl halides is 3. The number of ether oxygens (including phenoxy) is 2.